The Hall–Kier alpha value is -0.390. The summed E-state index contributed by atoms with van der Waals surface area (Å²) < 4.78 is 8.57. The van der Waals surface area contributed by atoms with Crippen molar-refractivity contribution >= 4 is 15.9 Å². The van der Waals surface area contributed by atoms with Crippen molar-refractivity contribution in [1.29, 1.82) is 0 Å². The Kier molecular flexibility index (Phi) is 6.16. The summed E-state index contributed by atoms with van der Waals surface area (Å²) >= 11 is 3.53. The maximum absolute atomic E-state index is 5.65. The van der Waals surface area contributed by atoms with Gasteiger partial charge in [0.25, 0.3) is 0 Å². The van der Waals surface area contributed by atoms with Crippen molar-refractivity contribution in [3.05, 3.63) is 15.9 Å². The summed E-state index contributed by atoms with van der Waals surface area (Å²) in [5.41, 5.74) is 2.10. The molecule has 0 bridgehead atoms. The van der Waals surface area contributed by atoms with Gasteiger partial charge in [0.2, 0.25) is 0 Å². The first-order valence-corrected chi connectivity index (χ1v) is 6.80. The maximum atomic E-state index is 5.65. The predicted molar refractivity (Wildman–Crippen MR) is 73.1 cm³/mol. The molecule has 0 aliphatic carbocycles. The van der Waals surface area contributed by atoms with Gasteiger partial charge in [0.05, 0.1) is 22.5 Å². The van der Waals surface area contributed by atoms with Gasteiger partial charge < -0.3 is 10.1 Å². The molecule has 0 aromatic carbocycles. The van der Waals surface area contributed by atoms with E-state index in [0.717, 1.165) is 35.4 Å². The lowest BCUT2D eigenvalue weighted by Crippen LogP contribution is -2.24. The van der Waals surface area contributed by atoms with Crippen LogP contribution in [0.2, 0.25) is 0 Å². The molecular weight excluding hydrogens is 282 g/mol. The third-order valence-corrected chi connectivity index (χ3v) is 3.55. The number of hydrogen-bond acceptors (Lipinski definition) is 3. The van der Waals surface area contributed by atoms with Gasteiger partial charge in [-0.2, -0.15) is 5.10 Å². The van der Waals surface area contributed by atoms with Crippen LogP contribution in [0.15, 0.2) is 4.47 Å². The van der Waals surface area contributed by atoms with Gasteiger partial charge in [-0.15, -0.1) is 0 Å². The van der Waals surface area contributed by atoms with E-state index in [1.165, 1.54) is 0 Å². The molecule has 0 saturated carbocycles. The molecule has 1 N–H and O–H groups in total. The minimum atomic E-state index is 0.545. The Morgan fingerprint density at radius 2 is 2.18 bits per heavy atom. The van der Waals surface area contributed by atoms with Crippen LogP contribution < -0.4 is 5.32 Å². The minimum Gasteiger partial charge on any atom is -0.375 e. The number of nitrogens with one attached hydrogen (secondary N) is 1. The molecule has 1 heterocycles. The van der Waals surface area contributed by atoms with E-state index in [9.17, 15) is 0 Å². The molecule has 0 aliphatic rings. The van der Waals surface area contributed by atoms with E-state index in [2.05, 4.69) is 40.2 Å². The maximum Gasteiger partial charge on any atom is 0.0896 e. The molecule has 98 valence electrons. The van der Waals surface area contributed by atoms with Crippen LogP contribution >= 0.6 is 15.9 Å². The van der Waals surface area contributed by atoms with Gasteiger partial charge >= 0.3 is 0 Å². The summed E-state index contributed by atoms with van der Waals surface area (Å²) in [5, 5.41) is 7.69. The van der Waals surface area contributed by atoms with Gasteiger partial charge in [0, 0.05) is 19.7 Å². The van der Waals surface area contributed by atoms with Crippen molar-refractivity contribution in [1.82, 2.24) is 15.1 Å². The monoisotopic (exact) mass is 303 g/mol. The number of rotatable bonds is 7. The highest BCUT2D eigenvalue weighted by atomic mass is 79.9. The smallest absolute Gasteiger partial charge is 0.0896 e. The zero-order valence-electron chi connectivity index (χ0n) is 11.1. The Morgan fingerprint density at radius 1 is 1.47 bits per heavy atom. The van der Waals surface area contributed by atoms with Crippen molar-refractivity contribution < 1.29 is 4.74 Å². The van der Waals surface area contributed by atoms with Crippen LogP contribution in [0, 0.1) is 6.92 Å². The molecule has 0 atom stereocenters. The summed E-state index contributed by atoms with van der Waals surface area (Å²) in [5.74, 6) is 0. The SMILES string of the molecule is Cc1nn(C)c(COCCCNC(C)C)c1Br. The molecule has 0 radical (unpaired) electrons. The van der Waals surface area contributed by atoms with Crippen molar-refractivity contribution in [3.63, 3.8) is 0 Å². The quantitative estimate of drug-likeness (QED) is 0.786. The fraction of sp³-hybridized carbons (Fsp3) is 0.750. The summed E-state index contributed by atoms with van der Waals surface area (Å²) in [6.07, 6.45) is 1.03. The van der Waals surface area contributed by atoms with E-state index in [1.807, 2.05) is 18.7 Å². The molecule has 0 amide bonds. The molecule has 0 unspecified atom stereocenters. The zero-order valence-corrected chi connectivity index (χ0v) is 12.7. The highest BCUT2D eigenvalue weighted by Crippen LogP contribution is 2.20. The van der Waals surface area contributed by atoms with Crippen LogP contribution in [0.4, 0.5) is 0 Å². The lowest BCUT2D eigenvalue weighted by Gasteiger charge is -2.08. The molecule has 0 saturated heterocycles. The van der Waals surface area contributed by atoms with E-state index < -0.39 is 0 Å². The fourth-order valence-corrected chi connectivity index (χ4v) is 2.02. The first-order chi connectivity index (χ1) is 8.02. The molecule has 1 aromatic heterocycles. The second kappa shape index (κ2) is 7.13. The van der Waals surface area contributed by atoms with Gasteiger partial charge in [-0.1, -0.05) is 13.8 Å². The molecule has 0 aliphatic heterocycles. The first kappa shape index (κ1) is 14.7. The molecule has 1 rings (SSSR count). The largest absolute Gasteiger partial charge is 0.375 e. The van der Waals surface area contributed by atoms with Crippen LogP contribution in [0.3, 0.4) is 0 Å². The second-order valence-corrected chi connectivity index (χ2v) is 5.28. The Labute approximate surface area is 112 Å². The molecular formula is C12H22BrN3O. The van der Waals surface area contributed by atoms with Gasteiger partial charge in [-0.3, -0.25) is 4.68 Å². The Bertz CT molecular complexity index is 350. The standard InChI is InChI=1S/C12H22BrN3O/c1-9(2)14-6-5-7-17-8-11-12(13)10(3)15-16(11)4/h9,14H,5-8H2,1-4H3. The van der Waals surface area contributed by atoms with Gasteiger partial charge in [0.1, 0.15) is 0 Å². The van der Waals surface area contributed by atoms with Gasteiger partial charge in [-0.05, 0) is 35.8 Å². The number of nitrogens with zero attached hydrogens (tertiary/aromatic N) is 2. The highest BCUT2D eigenvalue weighted by Gasteiger charge is 2.09. The number of halogens is 1. The first-order valence-electron chi connectivity index (χ1n) is 6.01. The lowest BCUT2D eigenvalue weighted by molar-refractivity contribution is 0.112. The molecule has 5 heteroatoms. The zero-order chi connectivity index (χ0) is 12.8. The number of ether oxygens (including phenoxy) is 1. The van der Waals surface area contributed by atoms with E-state index in [1.54, 1.807) is 0 Å². The van der Waals surface area contributed by atoms with E-state index >= 15 is 0 Å². The molecule has 1 aromatic rings. The van der Waals surface area contributed by atoms with E-state index in [4.69, 9.17) is 4.74 Å². The summed E-state index contributed by atoms with van der Waals surface area (Å²) in [6, 6.07) is 0.545. The minimum absolute atomic E-state index is 0.545. The van der Waals surface area contributed by atoms with Crippen LogP contribution in [-0.4, -0.2) is 29.0 Å². The lowest BCUT2D eigenvalue weighted by atomic mass is 10.3. The molecule has 17 heavy (non-hydrogen) atoms. The average molecular weight is 304 g/mol. The summed E-state index contributed by atoms with van der Waals surface area (Å²) in [7, 11) is 1.94. The van der Waals surface area contributed by atoms with E-state index in [0.29, 0.717) is 12.6 Å². The second-order valence-electron chi connectivity index (χ2n) is 4.48. The van der Waals surface area contributed by atoms with Crippen LogP contribution in [0.25, 0.3) is 0 Å². The van der Waals surface area contributed by atoms with Crippen LogP contribution in [0.1, 0.15) is 31.7 Å². The van der Waals surface area contributed by atoms with Crippen molar-refractivity contribution in [2.75, 3.05) is 13.2 Å². The van der Waals surface area contributed by atoms with Crippen molar-refractivity contribution in [3.8, 4) is 0 Å². The van der Waals surface area contributed by atoms with Crippen molar-refractivity contribution in [2.45, 2.75) is 39.8 Å². The average Bonchev–Trinajstić information content (AvgIpc) is 2.48. The molecule has 4 nitrogen and oxygen atoms in total. The predicted octanol–water partition coefficient (Wildman–Crippen LogP) is 2.40. The van der Waals surface area contributed by atoms with Crippen LogP contribution in [0.5, 0.6) is 0 Å². The Morgan fingerprint density at radius 3 is 2.71 bits per heavy atom. The number of hydrogen-bond donors (Lipinski definition) is 1. The van der Waals surface area contributed by atoms with Gasteiger partial charge in [-0.25, -0.2) is 0 Å². The third kappa shape index (κ3) is 4.77. The van der Waals surface area contributed by atoms with E-state index in [-0.39, 0.29) is 0 Å². The van der Waals surface area contributed by atoms with Crippen LogP contribution in [-0.2, 0) is 18.4 Å². The fourth-order valence-electron chi connectivity index (χ4n) is 1.57. The Balaban J connectivity index is 2.22. The summed E-state index contributed by atoms with van der Waals surface area (Å²) in [6.45, 7) is 8.67. The number of aromatic nitrogens is 2. The molecule has 0 spiro atoms. The normalized spacial score (nSPS) is 11.4. The van der Waals surface area contributed by atoms with Crippen molar-refractivity contribution in [2.24, 2.45) is 7.05 Å². The molecule has 0 fully saturated rings. The third-order valence-electron chi connectivity index (χ3n) is 2.52. The number of aryl methyl sites for hydroxylation is 2. The summed E-state index contributed by atoms with van der Waals surface area (Å²) in [4.78, 5) is 0. The topological polar surface area (TPSA) is 39.1 Å². The highest BCUT2D eigenvalue weighted by molar-refractivity contribution is 9.10. The van der Waals surface area contributed by atoms with Gasteiger partial charge in [0.15, 0.2) is 0 Å².